The minimum atomic E-state index is -0.428. The van der Waals surface area contributed by atoms with Gasteiger partial charge in [-0.05, 0) is 33.6 Å². The summed E-state index contributed by atoms with van der Waals surface area (Å²) >= 11 is 0. The predicted octanol–water partition coefficient (Wildman–Crippen LogP) is 1.91. The van der Waals surface area contributed by atoms with Crippen molar-refractivity contribution in [1.29, 1.82) is 0 Å². The summed E-state index contributed by atoms with van der Waals surface area (Å²) in [5.74, 6) is -0.132. The molecule has 21 heavy (non-hydrogen) atoms. The van der Waals surface area contributed by atoms with Crippen LogP contribution >= 0.6 is 0 Å². The summed E-state index contributed by atoms with van der Waals surface area (Å²) in [6.45, 7) is 11.8. The van der Waals surface area contributed by atoms with E-state index in [1.807, 2.05) is 39.6 Å². The molecule has 1 rings (SSSR count). The molecular formula is C16H30N2O3. The number of carbonyl (C=O) groups excluding carboxylic acids is 2. The Morgan fingerprint density at radius 2 is 1.81 bits per heavy atom. The zero-order valence-electron chi connectivity index (χ0n) is 14.3. The number of hydrogen-bond acceptors (Lipinski definition) is 4. The maximum atomic E-state index is 12.0. The second kappa shape index (κ2) is 7.25. The lowest BCUT2D eigenvalue weighted by atomic mass is 10.0. The molecule has 0 aromatic heterocycles. The minimum absolute atomic E-state index is 0.119. The maximum Gasteiger partial charge on any atom is 0.310 e. The van der Waals surface area contributed by atoms with Crippen LogP contribution in [-0.2, 0) is 14.3 Å². The van der Waals surface area contributed by atoms with E-state index in [-0.39, 0.29) is 17.8 Å². The van der Waals surface area contributed by atoms with E-state index >= 15 is 0 Å². The number of rotatable bonds is 4. The molecule has 5 nitrogen and oxygen atoms in total. The van der Waals surface area contributed by atoms with Gasteiger partial charge in [0.25, 0.3) is 0 Å². The van der Waals surface area contributed by atoms with E-state index in [2.05, 4.69) is 4.90 Å². The molecule has 5 heteroatoms. The fraction of sp³-hybridized carbons (Fsp3) is 0.875. The standard InChI is InChI=1S/C16H30N2O3/c1-12(15(20)21-16(3,4)5)11-18-9-7-14(8-10-18)17(6)13(2)19/h12,14H,7-11H2,1-6H3/t12-/m0/s1. The molecule has 0 radical (unpaired) electrons. The summed E-state index contributed by atoms with van der Waals surface area (Å²) in [6, 6.07) is 0.329. The maximum absolute atomic E-state index is 12.0. The first-order valence-corrected chi connectivity index (χ1v) is 7.78. The van der Waals surface area contributed by atoms with Crippen molar-refractivity contribution in [3.63, 3.8) is 0 Å². The van der Waals surface area contributed by atoms with Gasteiger partial charge in [0, 0.05) is 39.6 Å². The van der Waals surface area contributed by atoms with Gasteiger partial charge < -0.3 is 14.5 Å². The fourth-order valence-electron chi connectivity index (χ4n) is 2.61. The Morgan fingerprint density at radius 3 is 2.24 bits per heavy atom. The molecular weight excluding hydrogens is 268 g/mol. The van der Waals surface area contributed by atoms with E-state index < -0.39 is 5.60 Å². The number of likely N-dealkylation sites (tertiary alicyclic amines) is 1. The van der Waals surface area contributed by atoms with Crippen molar-refractivity contribution >= 4 is 11.9 Å². The van der Waals surface area contributed by atoms with Gasteiger partial charge in [-0.25, -0.2) is 0 Å². The van der Waals surface area contributed by atoms with E-state index in [9.17, 15) is 9.59 Å². The van der Waals surface area contributed by atoms with Gasteiger partial charge in [0.05, 0.1) is 5.92 Å². The van der Waals surface area contributed by atoms with Crippen LogP contribution in [0.2, 0.25) is 0 Å². The van der Waals surface area contributed by atoms with Crippen LogP contribution in [0.3, 0.4) is 0 Å². The Balaban J connectivity index is 2.38. The molecule has 1 heterocycles. The van der Waals surface area contributed by atoms with Gasteiger partial charge in [-0.1, -0.05) is 6.92 Å². The SMILES string of the molecule is CC(=O)N(C)C1CCN(C[C@H](C)C(=O)OC(C)(C)C)CC1. The molecule has 122 valence electrons. The van der Waals surface area contributed by atoms with Crippen LogP contribution in [0, 0.1) is 5.92 Å². The second-order valence-corrected chi connectivity index (χ2v) is 7.10. The topological polar surface area (TPSA) is 49.9 Å². The van der Waals surface area contributed by atoms with Crippen molar-refractivity contribution in [2.75, 3.05) is 26.7 Å². The molecule has 0 bridgehead atoms. The average Bonchev–Trinajstić information content (AvgIpc) is 2.36. The third-order valence-corrected chi connectivity index (χ3v) is 3.94. The number of carbonyl (C=O) groups is 2. The van der Waals surface area contributed by atoms with E-state index in [0.717, 1.165) is 32.5 Å². The van der Waals surface area contributed by atoms with Gasteiger partial charge in [0.15, 0.2) is 0 Å². The van der Waals surface area contributed by atoms with Crippen molar-refractivity contribution in [3.05, 3.63) is 0 Å². The highest BCUT2D eigenvalue weighted by atomic mass is 16.6. The van der Waals surface area contributed by atoms with Gasteiger partial charge in [0.1, 0.15) is 5.60 Å². The van der Waals surface area contributed by atoms with Gasteiger partial charge in [-0.3, -0.25) is 9.59 Å². The molecule has 0 aromatic rings. The lowest BCUT2D eigenvalue weighted by Crippen LogP contribution is -2.46. The summed E-state index contributed by atoms with van der Waals surface area (Å²) in [5, 5.41) is 0. The van der Waals surface area contributed by atoms with E-state index in [4.69, 9.17) is 4.74 Å². The number of hydrogen-bond donors (Lipinski definition) is 0. The lowest BCUT2D eigenvalue weighted by molar-refractivity contribution is -0.160. The molecule has 0 aliphatic carbocycles. The van der Waals surface area contributed by atoms with Crippen LogP contribution in [0.15, 0.2) is 0 Å². The first-order chi connectivity index (χ1) is 9.60. The molecule has 1 fully saturated rings. The van der Waals surface area contributed by atoms with Crippen LogP contribution in [0.4, 0.5) is 0 Å². The van der Waals surface area contributed by atoms with Gasteiger partial charge in [-0.2, -0.15) is 0 Å². The first kappa shape index (κ1) is 18.0. The molecule has 1 saturated heterocycles. The normalized spacial score (nSPS) is 19.1. The van der Waals surface area contributed by atoms with Crippen LogP contribution in [0.5, 0.6) is 0 Å². The average molecular weight is 298 g/mol. The molecule has 1 amide bonds. The van der Waals surface area contributed by atoms with Crippen molar-refractivity contribution < 1.29 is 14.3 Å². The highest BCUT2D eigenvalue weighted by Crippen LogP contribution is 2.18. The number of ether oxygens (including phenoxy) is 1. The third-order valence-electron chi connectivity index (χ3n) is 3.94. The predicted molar refractivity (Wildman–Crippen MR) is 82.9 cm³/mol. The Kier molecular flexibility index (Phi) is 6.20. The largest absolute Gasteiger partial charge is 0.460 e. The van der Waals surface area contributed by atoms with Crippen LogP contribution in [0.1, 0.15) is 47.5 Å². The summed E-state index contributed by atoms with van der Waals surface area (Å²) in [4.78, 5) is 27.5. The minimum Gasteiger partial charge on any atom is -0.460 e. The summed E-state index contributed by atoms with van der Waals surface area (Å²) in [7, 11) is 1.87. The van der Waals surface area contributed by atoms with Gasteiger partial charge in [0.2, 0.25) is 5.91 Å². The van der Waals surface area contributed by atoms with Gasteiger partial charge >= 0.3 is 5.97 Å². The zero-order chi connectivity index (χ0) is 16.2. The van der Waals surface area contributed by atoms with Gasteiger partial charge in [-0.15, -0.1) is 0 Å². The molecule has 1 aliphatic rings. The molecule has 0 saturated carbocycles. The first-order valence-electron chi connectivity index (χ1n) is 7.78. The zero-order valence-corrected chi connectivity index (χ0v) is 14.3. The summed E-state index contributed by atoms with van der Waals surface area (Å²) < 4.78 is 5.41. The quantitative estimate of drug-likeness (QED) is 0.744. The Morgan fingerprint density at radius 1 is 1.29 bits per heavy atom. The number of amides is 1. The number of esters is 1. The molecule has 0 N–H and O–H groups in total. The Bertz CT molecular complexity index is 368. The van der Waals surface area contributed by atoms with E-state index in [0.29, 0.717) is 6.04 Å². The lowest BCUT2D eigenvalue weighted by Gasteiger charge is -2.37. The van der Waals surface area contributed by atoms with E-state index in [1.165, 1.54) is 0 Å². The molecule has 0 aromatic carbocycles. The van der Waals surface area contributed by atoms with Crippen molar-refractivity contribution in [2.45, 2.75) is 59.1 Å². The summed E-state index contributed by atoms with van der Waals surface area (Å²) in [5.41, 5.74) is -0.428. The van der Waals surface area contributed by atoms with Crippen molar-refractivity contribution in [1.82, 2.24) is 9.80 Å². The Labute approximate surface area is 128 Å². The smallest absolute Gasteiger partial charge is 0.310 e. The van der Waals surface area contributed by atoms with Crippen molar-refractivity contribution in [3.8, 4) is 0 Å². The highest BCUT2D eigenvalue weighted by Gasteiger charge is 2.27. The van der Waals surface area contributed by atoms with Crippen LogP contribution < -0.4 is 0 Å². The van der Waals surface area contributed by atoms with E-state index in [1.54, 1.807) is 6.92 Å². The molecule has 1 aliphatic heterocycles. The summed E-state index contributed by atoms with van der Waals surface area (Å²) in [6.07, 6.45) is 1.94. The Hall–Kier alpha value is -1.10. The number of piperidine rings is 1. The molecule has 0 spiro atoms. The fourth-order valence-corrected chi connectivity index (χ4v) is 2.61. The van der Waals surface area contributed by atoms with Crippen molar-refractivity contribution in [2.24, 2.45) is 5.92 Å². The second-order valence-electron chi connectivity index (χ2n) is 7.10. The number of nitrogens with zero attached hydrogens (tertiary/aromatic N) is 2. The monoisotopic (exact) mass is 298 g/mol. The van der Waals surface area contributed by atoms with Crippen LogP contribution in [0.25, 0.3) is 0 Å². The third kappa shape index (κ3) is 6.04. The highest BCUT2D eigenvalue weighted by molar-refractivity contribution is 5.73. The molecule has 0 unspecified atom stereocenters. The molecule has 1 atom stereocenters. The van der Waals surface area contributed by atoms with Crippen LogP contribution in [-0.4, -0.2) is 60.0 Å².